The summed E-state index contributed by atoms with van der Waals surface area (Å²) in [6.07, 6.45) is 37.8. The fraction of sp³-hybridized carbons (Fsp3) is 0.912. The lowest BCUT2D eigenvalue weighted by molar-refractivity contribution is -0.150. The first kappa shape index (κ1) is 35.2. The van der Waals surface area contributed by atoms with Crippen molar-refractivity contribution in [1.29, 1.82) is 0 Å². The van der Waals surface area contributed by atoms with E-state index in [1.54, 1.807) is 0 Å². The van der Waals surface area contributed by atoms with E-state index in [0.717, 1.165) is 38.5 Å². The Bertz CT molecular complexity index is 466. The molecule has 1 N–H and O–H groups in total. The molecule has 0 spiro atoms. The van der Waals surface area contributed by atoms with Crippen LogP contribution in [0, 0.1) is 5.41 Å². The van der Waals surface area contributed by atoms with Gasteiger partial charge in [0.2, 0.25) is 0 Å². The molecule has 0 aromatic rings. The predicted octanol–water partition coefficient (Wildman–Crippen LogP) is 12.2. The molecule has 0 saturated carbocycles. The van der Waals surface area contributed by atoms with E-state index in [-0.39, 0.29) is 0 Å². The molecule has 0 radical (unpaired) electrons. The molecule has 36 heavy (non-hydrogen) atoms. The molecule has 0 rings (SSSR count). The van der Waals surface area contributed by atoms with Crippen LogP contribution in [0.3, 0.4) is 0 Å². The average molecular weight is 507 g/mol. The van der Waals surface area contributed by atoms with Gasteiger partial charge in [-0.05, 0) is 44.9 Å². The highest BCUT2D eigenvalue weighted by Crippen LogP contribution is 2.38. The SMILES string of the molecule is CCCCCCCC/C=C\CCCCCCC(CCCCCCCC)(CCCCCCCC)C(=O)O. The van der Waals surface area contributed by atoms with Gasteiger partial charge in [-0.15, -0.1) is 0 Å². The highest BCUT2D eigenvalue weighted by atomic mass is 16.4. The fourth-order valence-corrected chi connectivity index (χ4v) is 5.54. The predicted molar refractivity (Wildman–Crippen MR) is 161 cm³/mol. The quantitative estimate of drug-likeness (QED) is 0.0808. The summed E-state index contributed by atoms with van der Waals surface area (Å²) in [6.45, 7) is 6.78. The Labute approximate surface area is 227 Å². The van der Waals surface area contributed by atoms with E-state index in [1.165, 1.54) is 135 Å². The van der Waals surface area contributed by atoms with Gasteiger partial charge in [0.25, 0.3) is 0 Å². The van der Waals surface area contributed by atoms with Crippen molar-refractivity contribution >= 4 is 5.97 Å². The van der Waals surface area contributed by atoms with Crippen LogP contribution in [0.1, 0.15) is 194 Å². The molecular weight excluding hydrogens is 440 g/mol. The summed E-state index contributed by atoms with van der Waals surface area (Å²) in [5, 5.41) is 10.3. The molecule has 2 nitrogen and oxygen atoms in total. The zero-order chi connectivity index (χ0) is 26.6. The maximum absolute atomic E-state index is 12.5. The first-order chi connectivity index (χ1) is 17.6. The van der Waals surface area contributed by atoms with Gasteiger partial charge in [-0.3, -0.25) is 4.79 Å². The Morgan fingerprint density at radius 3 is 1.06 bits per heavy atom. The molecule has 0 heterocycles. The molecule has 2 heteroatoms. The Hall–Kier alpha value is -0.790. The summed E-state index contributed by atoms with van der Waals surface area (Å²) in [7, 11) is 0. The Morgan fingerprint density at radius 1 is 0.472 bits per heavy atom. The number of hydrogen-bond acceptors (Lipinski definition) is 1. The highest BCUT2D eigenvalue weighted by molar-refractivity contribution is 5.74. The van der Waals surface area contributed by atoms with Crippen LogP contribution < -0.4 is 0 Å². The molecule has 0 saturated heterocycles. The van der Waals surface area contributed by atoms with E-state index in [0.29, 0.717) is 0 Å². The lowest BCUT2D eigenvalue weighted by Crippen LogP contribution is -2.31. The van der Waals surface area contributed by atoms with Crippen molar-refractivity contribution in [2.75, 3.05) is 0 Å². The molecule has 0 bridgehead atoms. The summed E-state index contributed by atoms with van der Waals surface area (Å²) >= 11 is 0. The number of hydrogen-bond donors (Lipinski definition) is 1. The minimum atomic E-state index is -0.512. The Kier molecular flexibility index (Phi) is 26.7. The summed E-state index contributed by atoms with van der Waals surface area (Å²) in [6, 6.07) is 0. The van der Waals surface area contributed by atoms with E-state index >= 15 is 0 Å². The monoisotopic (exact) mass is 507 g/mol. The van der Waals surface area contributed by atoms with Gasteiger partial charge in [-0.2, -0.15) is 0 Å². The smallest absolute Gasteiger partial charge is 0.309 e. The molecule has 0 aliphatic rings. The van der Waals surface area contributed by atoms with Crippen LogP contribution in [0.15, 0.2) is 12.2 Å². The van der Waals surface area contributed by atoms with Crippen molar-refractivity contribution in [3.8, 4) is 0 Å². The standard InChI is InChI=1S/C34H66O2/c1-4-7-10-13-16-17-18-19-20-21-22-23-26-29-32-34(33(35)36,30-27-24-14-11-8-5-2)31-28-25-15-12-9-6-3/h19-20H,4-18,21-32H2,1-3H3,(H,35,36)/b20-19-. The molecule has 0 aliphatic heterocycles. The molecule has 0 amide bonds. The lowest BCUT2D eigenvalue weighted by Gasteiger charge is -2.30. The van der Waals surface area contributed by atoms with Gasteiger partial charge in [-0.1, -0.05) is 161 Å². The van der Waals surface area contributed by atoms with Crippen molar-refractivity contribution in [1.82, 2.24) is 0 Å². The van der Waals surface area contributed by atoms with Crippen LogP contribution in [-0.2, 0) is 4.79 Å². The van der Waals surface area contributed by atoms with Crippen molar-refractivity contribution in [3.63, 3.8) is 0 Å². The van der Waals surface area contributed by atoms with E-state index in [4.69, 9.17) is 0 Å². The minimum Gasteiger partial charge on any atom is -0.481 e. The normalized spacial score (nSPS) is 12.1. The van der Waals surface area contributed by atoms with Gasteiger partial charge in [0.05, 0.1) is 5.41 Å². The summed E-state index contributed by atoms with van der Waals surface area (Å²) in [5.41, 5.74) is -0.466. The zero-order valence-electron chi connectivity index (χ0n) is 25.1. The van der Waals surface area contributed by atoms with Crippen LogP contribution in [0.2, 0.25) is 0 Å². The number of carbonyl (C=O) groups is 1. The maximum atomic E-state index is 12.5. The third kappa shape index (κ3) is 21.3. The molecule has 0 aromatic carbocycles. The first-order valence-corrected chi connectivity index (χ1v) is 16.5. The summed E-state index contributed by atoms with van der Waals surface area (Å²) < 4.78 is 0. The molecule has 0 atom stereocenters. The average Bonchev–Trinajstić information content (AvgIpc) is 2.87. The molecule has 0 aromatic heterocycles. The third-order valence-corrected chi connectivity index (χ3v) is 8.14. The molecule has 0 fully saturated rings. The number of rotatable bonds is 29. The number of unbranched alkanes of at least 4 members (excludes halogenated alkanes) is 20. The number of carboxylic acids is 1. The first-order valence-electron chi connectivity index (χ1n) is 16.5. The van der Waals surface area contributed by atoms with Crippen molar-refractivity contribution in [2.24, 2.45) is 5.41 Å². The van der Waals surface area contributed by atoms with Gasteiger partial charge < -0.3 is 5.11 Å². The number of aliphatic carboxylic acids is 1. The van der Waals surface area contributed by atoms with Crippen LogP contribution in [0.25, 0.3) is 0 Å². The highest BCUT2D eigenvalue weighted by Gasteiger charge is 2.36. The maximum Gasteiger partial charge on any atom is 0.309 e. The van der Waals surface area contributed by atoms with Crippen LogP contribution in [0.4, 0.5) is 0 Å². The fourth-order valence-electron chi connectivity index (χ4n) is 5.54. The van der Waals surface area contributed by atoms with Crippen molar-refractivity contribution in [2.45, 2.75) is 194 Å². The Balaban J connectivity index is 4.27. The van der Waals surface area contributed by atoms with Gasteiger partial charge in [-0.25, -0.2) is 0 Å². The Morgan fingerprint density at radius 2 is 0.750 bits per heavy atom. The van der Waals surface area contributed by atoms with Crippen LogP contribution >= 0.6 is 0 Å². The molecular formula is C34H66O2. The van der Waals surface area contributed by atoms with E-state index in [2.05, 4.69) is 32.9 Å². The minimum absolute atomic E-state index is 0.466. The van der Waals surface area contributed by atoms with Crippen molar-refractivity contribution < 1.29 is 9.90 Å². The lowest BCUT2D eigenvalue weighted by atomic mass is 9.74. The topological polar surface area (TPSA) is 37.3 Å². The zero-order valence-corrected chi connectivity index (χ0v) is 25.1. The summed E-state index contributed by atoms with van der Waals surface area (Å²) in [5.74, 6) is -0.512. The number of carboxylic acid groups (broad SMARTS) is 1. The van der Waals surface area contributed by atoms with E-state index in [9.17, 15) is 9.90 Å². The van der Waals surface area contributed by atoms with E-state index < -0.39 is 11.4 Å². The van der Waals surface area contributed by atoms with Gasteiger partial charge >= 0.3 is 5.97 Å². The van der Waals surface area contributed by atoms with E-state index in [1.807, 2.05) is 0 Å². The second-order valence-corrected chi connectivity index (χ2v) is 11.6. The third-order valence-electron chi connectivity index (χ3n) is 8.14. The van der Waals surface area contributed by atoms with Crippen LogP contribution in [-0.4, -0.2) is 11.1 Å². The second kappa shape index (κ2) is 27.3. The number of allylic oxidation sites excluding steroid dienone is 2. The molecule has 214 valence electrons. The van der Waals surface area contributed by atoms with Gasteiger partial charge in [0.1, 0.15) is 0 Å². The second-order valence-electron chi connectivity index (χ2n) is 11.6. The van der Waals surface area contributed by atoms with Gasteiger partial charge in [0, 0.05) is 0 Å². The molecule has 0 aliphatic carbocycles. The summed E-state index contributed by atoms with van der Waals surface area (Å²) in [4.78, 5) is 12.5. The molecule has 0 unspecified atom stereocenters. The van der Waals surface area contributed by atoms with Crippen molar-refractivity contribution in [3.05, 3.63) is 12.2 Å². The van der Waals surface area contributed by atoms with Crippen LogP contribution in [0.5, 0.6) is 0 Å². The largest absolute Gasteiger partial charge is 0.481 e. The van der Waals surface area contributed by atoms with Gasteiger partial charge in [0.15, 0.2) is 0 Å².